The molecule has 1 amide bonds. The highest BCUT2D eigenvalue weighted by Gasteiger charge is 2.26. The first kappa shape index (κ1) is 17.4. The second-order valence-corrected chi connectivity index (χ2v) is 6.93. The summed E-state index contributed by atoms with van der Waals surface area (Å²) in [5, 5.41) is 15.3. The van der Waals surface area contributed by atoms with Crippen LogP contribution < -0.4 is 4.74 Å². The Morgan fingerprint density at radius 1 is 1.07 bits per heavy atom. The molecule has 0 atom stereocenters. The number of carbonyl (C=O) groups is 1. The molecule has 146 valence electrons. The second-order valence-electron chi connectivity index (χ2n) is 6.93. The van der Waals surface area contributed by atoms with Crippen molar-refractivity contribution in [2.45, 2.75) is 18.9 Å². The minimum atomic E-state index is -0.878. The number of likely N-dealkylation sites (tertiary alicyclic amines) is 1. The van der Waals surface area contributed by atoms with E-state index in [1.807, 2.05) is 35.0 Å². The third-order valence-electron chi connectivity index (χ3n) is 5.25. The van der Waals surface area contributed by atoms with E-state index in [4.69, 9.17) is 9.84 Å². The third-order valence-corrected chi connectivity index (χ3v) is 5.25. The van der Waals surface area contributed by atoms with Crippen LogP contribution in [0.3, 0.4) is 0 Å². The van der Waals surface area contributed by atoms with Crippen molar-refractivity contribution in [3.63, 3.8) is 0 Å². The number of rotatable bonds is 3. The lowest BCUT2D eigenvalue weighted by molar-refractivity contribution is 0.124. The first-order valence-electron chi connectivity index (χ1n) is 9.38. The van der Waals surface area contributed by atoms with Gasteiger partial charge >= 0.3 is 6.09 Å². The summed E-state index contributed by atoms with van der Waals surface area (Å²) in [4.78, 5) is 25.6. The van der Waals surface area contributed by atoms with Gasteiger partial charge in [-0.05, 0) is 37.1 Å². The monoisotopic (exact) mass is 390 g/mol. The van der Waals surface area contributed by atoms with Crippen LogP contribution >= 0.6 is 0 Å². The van der Waals surface area contributed by atoms with Gasteiger partial charge in [-0.3, -0.25) is 4.98 Å². The number of pyridine rings is 1. The smallest absolute Gasteiger partial charge is 0.407 e. The van der Waals surface area contributed by atoms with Gasteiger partial charge in [-0.15, -0.1) is 0 Å². The Morgan fingerprint density at radius 3 is 2.76 bits per heavy atom. The summed E-state index contributed by atoms with van der Waals surface area (Å²) >= 11 is 0. The molecular formula is C20H18N6O3. The van der Waals surface area contributed by atoms with Gasteiger partial charge in [-0.25, -0.2) is 19.4 Å². The topological polar surface area (TPSA) is 106 Å². The first-order chi connectivity index (χ1) is 14.2. The summed E-state index contributed by atoms with van der Waals surface area (Å²) in [5.41, 5.74) is 1.53. The second kappa shape index (κ2) is 7.01. The van der Waals surface area contributed by atoms with E-state index in [2.05, 4.69) is 20.1 Å². The lowest BCUT2D eigenvalue weighted by Crippen LogP contribution is -2.38. The summed E-state index contributed by atoms with van der Waals surface area (Å²) in [5.74, 6) is 1.10. The van der Waals surface area contributed by atoms with Crippen LogP contribution in [0.25, 0.3) is 21.9 Å². The quantitative estimate of drug-likeness (QED) is 0.571. The molecule has 29 heavy (non-hydrogen) atoms. The first-order valence-corrected chi connectivity index (χ1v) is 9.38. The Labute approximate surface area is 165 Å². The minimum absolute atomic E-state index is 0.0904. The van der Waals surface area contributed by atoms with Crippen LogP contribution in [0.4, 0.5) is 4.79 Å². The van der Waals surface area contributed by atoms with E-state index in [1.165, 1.54) is 11.2 Å². The van der Waals surface area contributed by atoms with Gasteiger partial charge in [0.05, 0.1) is 17.8 Å². The van der Waals surface area contributed by atoms with Gasteiger partial charge in [-0.1, -0.05) is 6.07 Å². The number of aromatic nitrogens is 5. The predicted octanol–water partition coefficient (Wildman–Crippen LogP) is 3.48. The van der Waals surface area contributed by atoms with Crippen LogP contribution in [0.15, 0.2) is 49.1 Å². The van der Waals surface area contributed by atoms with Crippen molar-refractivity contribution in [2.75, 3.05) is 13.1 Å². The number of hydrogen-bond donors (Lipinski definition) is 1. The Balaban J connectivity index is 1.47. The molecule has 1 fully saturated rings. The molecule has 0 radical (unpaired) electrons. The van der Waals surface area contributed by atoms with Gasteiger partial charge in [-0.2, -0.15) is 5.10 Å². The maximum atomic E-state index is 11.1. The maximum absolute atomic E-state index is 11.1. The van der Waals surface area contributed by atoms with Crippen molar-refractivity contribution < 1.29 is 14.6 Å². The van der Waals surface area contributed by atoms with E-state index in [1.54, 1.807) is 12.4 Å². The van der Waals surface area contributed by atoms with E-state index >= 15 is 0 Å². The van der Waals surface area contributed by atoms with Crippen LogP contribution in [-0.4, -0.2) is 53.9 Å². The van der Waals surface area contributed by atoms with E-state index in [0.717, 1.165) is 10.9 Å². The van der Waals surface area contributed by atoms with E-state index in [0.29, 0.717) is 48.6 Å². The molecule has 0 saturated carbocycles. The molecule has 0 aliphatic carbocycles. The standard InChI is InChI=1S/C20H18N6O3/c27-20(28)25-9-6-13(7-10-25)26-18-15(11-24-26)19(23-12-22-18)29-17-5-1-4-16-14(17)3-2-8-21-16/h1-5,8,11-13H,6-7,9-10H2,(H,27,28). The van der Waals surface area contributed by atoms with Gasteiger partial charge in [0, 0.05) is 24.7 Å². The van der Waals surface area contributed by atoms with Gasteiger partial charge in [0.15, 0.2) is 5.65 Å². The van der Waals surface area contributed by atoms with Crippen molar-refractivity contribution in [1.82, 2.24) is 29.6 Å². The summed E-state index contributed by atoms with van der Waals surface area (Å²) in [6.45, 7) is 0.970. The number of nitrogens with zero attached hydrogens (tertiary/aromatic N) is 6. The summed E-state index contributed by atoms with van der Waals surface area (Å²) < 4.78 is 7.98. The summed E-state index contributed by atoms with van der Waals surface area (Å²) in [6.07, 6.45) is 5.42. The van der Waals surface area contributed by atoms with Crippen molar-refractivity contribution in [2.24, 2.45) is 0 Å². The van der Waals surface area contributed by atoms with Gasteiger partial charge in [0.25, 0.3) is 0 Å². The molecule has 3 aromatic heterocycles. The molecule has 0 bridgehead atoms. The number of hydrogen-bond acceptors (Lipinski definition) is 6. The van der Waals surface area contributed by atoms with Crippen LogP contribution in [0, 0.1) is 0 Å². The number of benzene rings is 1. The normalized spacial score (nSPS) is 15.1. The summed E-state index contributed by atoms with van der Waals surface area (Å²) in [7, 11) is 0. The fourth-order valence-corrected chi connectivity index (χ4v) is 3.76. The highest BCUT2D eigenvalue weighted by atomic mass is 16.5. The molecule has 0 spiro atoms. The highest BCUT2D eigenvalue weighted by molar-refractivity contribution is 5.86. The molecule has 4 heterocycles. The zero-order chi connectivity index (χ0) is 19.8. The highest BCUT2D eigenvalue weighted by Crippen LogP contribution is 2.33. The van der Waals surface area contributed by atoms with Crippen molar-refractivity contribution in [1.29, 1.82) is 0 Å². The molecule has 5 rings (SSSR count). The number of ether oxygens (including phenoxy) is 1. The van der Waals surface area contributed by atoms with Crippen molar-refractivity contribution in [3.05, 3.63) is 49.1 Å². The Morgan fingerprint density at radius 2 is 1.93 bits per heavy atom. The average Bonchev–Trinajstić information content (AvgIpc) is 3.19. The zero-order valence-electron chi connectivity index (χ0n) is 15.5. The Bertz CT molecular complexity index is 1190. The Hall–Kier alpha value is -3.75. The zero-order valence-corrected chi connectivity index (χ0v) is 15.5. The number of fused-ring (bicyclic) bond motifs is 2. The number of amides is 1. The van der Waals surface area contributed by atoms with Crippen LogP contribution in [-0.2, 0) is 0 Å². The molecule has 1 saturated heterocycles. The minimum Gasteiger partial charge on any atom is -0.465 e. The molecule has 4 aromatic rings. The maximum Gasteiger partial charge on any atom is 0.407 e. The van der Waals surface area contributed by atoms with Gasteiger partial charge in [0.1, 0.15) is 17.5 Å². The van der Waals surface area contributed by atoms with Gasteiger partial charge in [0.2, 0.25) is 5.88 Å². The molecule has 0 unspecified atom stereocenters. The summed E-state index contributed by atoms with van der Waals surface area (Å²) in [6, 6.07) is 9.61. The van der Waals surface area contributed by atoms with Crippen LogP contribution in [0.2, 0.25) is 0 Å². The molecule has 1 N–H and O–H groups in total. The SMILES string of the molecule is O=C(O)N1CCC(n2ncc3c(Oc4cccc5ncccc45)ncnc32)CC1. The van der Waals surface area contributed by atoms with E-state index < -0.39 is 6.09 Å². The van der Waals surface area contributed by atoms with Crippen LogP contribution in [0.1, 0.15) is 18.9 Å². The van der Waals surface area contributed by atoms with Crippen LogP contribution in [0.5, 0.6) is 11.6 Å². The molecule has 9 nitrogen and oxygen atoms in total. The van der Waals surface area contributed by atoms with Gasteiger partial charge < -0.3 is 14.7 Å². The molecule has 9 heteroatoms. The van der Waals surface area contributed by atoms with Crippen molar-refractivity contribution >= 4 is 28.0 Å². The molecular weight excluding hydrogens is 372 g/mol. The fourth-order valence-electron chi connectivity index (χ4n) is 3.76. The van der Waals surface area contributed by atoms with Crippen molar-refractivity contribution in [3.8, 4) is 11.6 Å². The predicted molar refractivity (Wildman–Crippen MR) is 105 cm³/mol. The molecule has 1 aliphatic heterocycles. The average molecular weight is 390 g/mol. The molecule has 1 aromatic carbocycles. The lowest BCUT2D eigenvalue weighted by Gasteiger charge is -2.30. The number of carboxylic acid groups (broad SMARTS) is 1. The number of piperidine rings is 1. The molecule has 1 aliphatic rings. The Kier molecular flexibility index (Phi) is 4.19. The van der Waals surface area contributed by atoms with E-state index in [9.17, 15) is 4.79 Å². The van der Waals surface area contributed by atoms with E-state index in [-0.39, 0.29) is 6.04 Å². The fraction of sp³-hybridized carbons (Fsp3) is 0.250. The third kappa shape index (κ3) is 3.10. The largest absolute Gasteiger partial charge is 0.465 e. The lowest BCUT2D eigenvalue weighted by atomic mass is 10.1.